The van der Waals surface area contributed by atoms with Gasteiger partial charge in [-0.1, -0.05) is 0 Å². The van der Waals surface area contributed by atoms with Gasteiger partial charge in [-0.2, -0.15) is 5.10 Å². The molecule has 0 saturated heterocycles. The van der Waals surface area contributed by atoms with Gasteiger partial charge in [0.2, 0.25) is 0 Å². The molecular formula is C8H10N2O2. The number of nitrogens with two attached hydrogens (primary N) is 1. The quantitative estimate of drug-likeness (QED) is 0.386. The smallest absolute Gasteiger partial charge is 0.128 e. The van der Waals surface area contributed by atoms with Crippen LogP contribution in [0.25, 0.3) is 0 Å². The van der Waals surface area contributed by atoms with E-state index in [4.69, 9.17) is 10.6 Å². The fraction of sp³-hybridized carbons (Fsp3) is 0.125. The molecular weight excluding hydrogens is 156 g/mol. The first-order chi connectivity index (χ1) is 5.77. The summed E-state index contributed by atoms with van der Waals surface area (Å²) in [6.07, 6.45) is 1.37. The van der Waals surface area contributed by atoms with Crippen molar-refractivity contribution in [1.29, 1.82) is 0 Å². The molecule has 64 valence electrons. The Hall–Kier alpha value is -1.71. The van der Waals surface area contributed by atoms with E-state index in [0.29, 0.717) is 11.3 Å². The molecule has 0 aromatic heterocycles. The molecule has 0 unspecified atom stereocenters. The van der Waals surface area contributed by atoms with E-state index in [9.17, 15) is 5.11 Å². The van der Waals surface area contributed by atoms with Gasteiger partial charge >= 0.3 is 0 Å². The lowest BCUT2D eigenvalue weighted by Gasteiger charge is -2.01. The van der Waals surface area contributed by atoms with Crippen LogP contribution in [-0.4, -0.2) is 18.4 Å². The molecule has 0 atom stereocenters. The van der Waals surface area contributed by atoms with E-state index in [1.54, 1.807) is 12.1 Å². The van der Waals surface area contributed by atoms with Crippen molar-refractivity contribution < 1.29 is 9.84 Å². The summed E-state index contributed by atoms with van der Waals surface area (Å²) in [5, 5.41) is 12.6. The molecule has 4 nitrogen and oxygen atoms in total. The van der Waals surface area contributed by atoms with Crippen LogP contribution in [0.5, 0.6) is 11.5 Å². The summed E-state index contributed by atoms with van der Waals surface area (Å²) in [6.45, 7) is 0. The molecule has 0 aliphatic heterocycles. The lowest BCUT2D eigenvalue weighted by atomic mass is 10.2. The van der Waals surface area contributed by atoms with Crippen LogP contribution in [0.4, 0.5) is 0 Å². The van der Waals surface area contributed by atoms with Crippen LogP contribution in [0.15, 0.2) is 23.3 Å². The van der Waals surface area contributed by atoms with E-state index in [0.717, 1.165) is 0 Å². The molecule has 1 rings (SSSR count). The summed E-state index contributed by atoms with van der Waals surface area (Å²) in [5.41, 5.74) is 0.568. The minimum atomic E-state index is 0.101. The van der Waals surface area contributed by atoms with Gasteiger partial charge in [0.05, 0.1) is 13.3 Å². The van der Waals surface area contributed by atoms with Crippen molar-refractivity contribution in [1.82, 2.24) is 0 Å². The Morgan fingerprint density at radius 3 is 2.83 bits per heavy atom. The van der Waals surface area contributed by atoms with Crippen molar-refractivity contribution in [3.8, 4) is 11.5 Å². The maximum atomic E-state index is 9.33. The number of hydrazone groups is 1. The number of ether oxygens (including phenoxy) is 1. The van der Waals surface area contributed by atoms with Gasteiger partial charge in [-0.3, -0.25) is 0 Å². The standard InChI is InChI=1S/C8H10N2O2/c1-12-7-3-2-6(5-10-9)8(11)4-7/h2-5,11H,9H2,1H3/b10-5+. The van der Waals surface area contributed by atoms with Gasteiger partial charge < -0.3 is 15.7 Å². The summed E-state index contributed by atoms with van der Waals surface area (Å²) in [5.74, 6) is 5.63. The predicted octanol–water partition coefficient (Wildman–Crippen LogP) is 0.693. The Balaban J connectivity index is 3.03. The number of phenols is 1. The number of benzene rings is 1. The topological polar surface area (TPSA) is 67.8 Å². The molecule has 0 fully saturated rings. The Kier molecular flexibility index (Phi) is 2.53. The highest BCUT2D eigenvalue weighted by atomic mass is 16.5. The number of aromatic hydroxyl groups is 1. The van der Waals surface area contributed by atoms with Crippen LogP contribution in [0.1, 0.15) is 5.56 Å². The fourth-order valence-corrected chi connectivity index (χ4v) is 0.840. The molecule has 0 radical (unpaired) electrons. The Labute approximate surface area is 70.3 Å². The highest BCUT2D eigenvalue weighted by Crippen LogP contribution is 2.21. The van der Waals surface area contributed by atoms with E-state index >= 15 is 0 Å². The van der Waals surface area contributed by atoms with Crippen LogP contribution in [0.3, 0.4) is 0 Å². The zero-order chi connectivity index (χ0) is 8.97. The van der Waals surface area contributed by atoms with Crippen molar-refractivity contribution in [3.05, 3.63) is 23.8 Å². The van der Waals surface area contributed by atoms with Crippen molar-refractivity contribution in [3.63, 3.8) is 0 Å². The van der Waals surface area contributed by atoms with Crippen LogP contribution in [0.2, 0.25) is 0 Å². The first-order valence-corrected chi connectivity index (χ1v) is 3.38. The first kappa shape index (κ1) is 8.39. The second-order valence-corrected chi connectivity index (χ2v) is 2.20. The van der Waals surface area contributed by atoms with Gasteiger partial charge in [-0.25, -0.2) is 0 Å². The zero-order valence-electron chi connectivity index (χ0n) is 6.69. The monoisotopic (exact) mass is 166 g/mol. The maximum Gasteiger partial charge on any atom is 0.128 e. The van der Waals surface area contributed by atoms with Gasteiger partial charge in [0.25, 0.3) is 0 Å². The van der Waals surface area contributed by atoms with E-state index in [-0.39, 0.29) is 5.75 Å². The zero-order valence-corrected chi connectivity index (χ0v) is 6.69. The predicted molar refractivity (Wildman–Crippen MR) is 46.4 cm³/mol. The number of hydrogen-bond acceptors (Lipinski definition) is 4. The third-order valence-electron chi connectivity index (χ3n) is 1.45. The van der Waals surface area contributed by atoms with Gasteiger partial charge in [0.15, 0.2) is 0 Å². The number of phenolic OH excluding ortho intramolecular Hbond substituents is 1. The third kappa shape index (κ3) is 1.66. The highest BCUT2D eigenvalue weighted by Gasteiger charge is 1.99. The molecule has 4 heteroatoms. The van der Waals surface area contributed by atoms with Gasteiger partial charge in [0.1, 0.15) is 11.5 Å². The summed E-state index contributed by atoms with van der Waals surface area (Å²) in [7, 11) is 1.53. The molecule has 3 N–H and O–H groups in total. The summed E-state index contributed by atoms with van der Waals surface area (Å²) in [4.78, 5) is 0. The summed E-state index contributed by atoms with van der Waals surface area (Å²) < 4.78 is 4.89. The number of nitrogens with zero attached hydrogens (tertiary/aromatic N) is 1. The molecule has 0 bridgehead atoms. The highest BCUT2D eigenvalue weighted by molar-refractivity contribution is 5.83. The Morgan fingerprint density at radius 2 is 2.33 bits per heavy atom. The van der Waals surface area contributed by atoms with Gasteiger partial charge in [-0.05, 0) is 12.1 Å². The van der Waals surface area contributed by atoms with Crippen LogP contribution in [0, 0.1) is 0 Å². The fourth-order valence-electron chi connectivity index (χ4n) is 0.840. The van der Waals surface area contributed by atoms with E-state index in [2.05, 4.69) is 5.10 Å². The molecule has 12 heavy (non-hydrogen) atoms. The maximum absolute atomic E-state index is 9.33. The van der Waals surface area contributed by atoms with Crippen LogP contribution in [-0.2, 0) is 0 Å². The normalized spacial score (nSPS) is 10.4. The third-order valence-corrected chi connectivity index (χ3v) is 1.45. The van der Waals surface area contributed by atoms with E-state index < -0.39 is 0 Å². The average molecular weight is 166 g/mol. The van der Waals surface area contributed by atoms with E-state index in [1.807, 2.05) is 0 Å². The largest absolute Gasteiger partial charge is 0.507 e. The molecule has 0 heterocycles. The SMILES string of the molecule is COc1ccc(/C=N/N)c(O)c1. The molecule has 1 aromatic carbocycles. The molecule has 1 aromatic rings. The van der Waals surface area contributed by atoms with Gasteiger partial charge in [-0.15, -0.1) is 0 Å². The minimum absolute atomic E-state index is 0.101. The molecule has 0 saturated carbocycles. The molecule has 0 aliphatic rings. The first-order valence-electron chi connectivity index (χ1n) is 3.38. The van der Waals surface area contributed by atoms with Crippen molar-refractivity contribution >= 4 is 6.21 Å². The Bertz CT molecular complexity index is 297. The summed E-state index contributed by atoms with van der Waals surface area (Å²) >= 11 is 0. The second-order valence-electron chi connectivity index (χ2n) is 2.20. The van der Waals surface area contributed by atoms with Crippen LogP contribution < -0.4 is 10.6 Å². The van der Waals surface area contributed by atoms with Crippen molar-refractivity contribution in [2.75, 3.05) is 7.11 Å². The lowest BCUT2D eigenvalue weighted by molar-refractivity contribution is 0.407. The molecule has 0 aliphatic carbocycles. The Morgan fingerprint density at radius 1 is 1.58 bits per heavy atom. The van der Waals surface area contributed by atoms with Crippen molar-refractivity contribution in [2.24, 2.45) is 10.9 Å². The van der Waals surface area contributed by atoms with Crippen molar-refractivity contribution in [2.45, 2.75) is 0 Å². The lowest BCUT2D eigenvalue weighted by Crippen LogP contribution is -1.88. The van der Waals surface area contributed by atoms with E-state index in [1.165, 1.54) is 19.4 Å². The second kappa shape index (κ2) is 3.61. The summed E-state index contributed by atoms with van der Waals surface area (Å²) in [6, 6.07) is 4.89. The molecule has 0 spiro atoms. The number of rotatable bonds is 2. The van der Waals surface area contributed by atoms with Crippen LogP contribution >= 0.6 is 0 Å². The number of hydrogen-bond donors (Lipinski definition) is 2. The minimum Gasteiger partial charge on any atom is -0.507 e. The van der Waals surface area contributed by atoms with Gasteiger partial charge in [0, 0.05) is 11.6 Å². The average Bonchev–Trinajstić information content (AvgIpc) is 2.09. The number of methoxy groups -OCH3 is 1. The molecule has 0 amide bonds.